The maximum atomic E-state index is 12.6. The van der Waals surface area contributed by atoms with Gasteiger partial charge in [-0.25, -0.2) is 8.42 Å². The standard InChI is InChI=1S/C24H26N4O3S/c1-16(2)20-8-5-19(6-9-20)7-14-24(29)27-21-10-12-22(13-11-21)32(30,31)28-23-15-17(3)25-18(4)26-23/h5-16H,1-4H3,(H2,25,26,27,28,29)/p-1. The fraction of sp³-hybridized carbons (Fsp3) is 0.208. The summed E-state index contributed by atoms with van der Waals surface area (Å²) in [5.74, 6) is 0.662. The van der Waals surface area contributed by atoms with Crippen molar-refractivity contribution in [3.05, 3.63) is 88.0 Å². The second kappa shape index (κ2) is 9.74. The molecule has 1 aromatic heterocycles. The zero-order valence-corrected chi connectivity index (χ0v) is 19.2. The Kier molecular flexibility index (Phi) is 7.05. The van der Waals surface area contributed by atoms with Gasteiger partial charge in [-0.15, -0.1) is 0 Å². The highest BCUT2D eigenvalue weighted by Crippen LogP contribution is 2.27. The zero-order valence-electron chi connectivity index (χ0n) is 18.4. The van der Waals surface area contributed by atoms with E-state index >= 15 is 0 Å². The van der Waals surface area contributed by atoms with E-state index < -0.39 is 10.0 Å². The molecule has 2 aromatic carbocycles. The summed E-state index contributed by atoms with van der Waals surface area (Å²) in [4.78, 5) is 20.4. The molecule has 1 amide bonds. The second-order valence-corrected chi connectivity index (χ2v) is 9.25. The van der Waals surface area contributed by atoms with E-state index in [4.69, 9.17) is 0 Å². The molecule has 0 aliphatic heterocycles. The maximum Gasteiger partial charge on any atom is 0.248 e. The number of aromatic nitrogens is 2. The minimum absolute atomic E-state index is 0.00482. The summed E-state index contributed by atoms with van der Waals surface area (Å²) in [6.45, 7) is 7.67. The Morgan fingerprint density at radius 1 is 1.00 bits per heavy atom. The molecule has 3 rings (SSSR count). The lowest BCUT2D eigenvalue weighted by molar-refractivity contribution is -0.111. The van der Waals surface area contributed by atoms with Gasteiger partial charge in [0.1, 0.15) is 0 Å². The minimum atomic E-state index is -3.94. The highest BCUT2D eigenvalue weighted by Gasteiger charge is 2.10. The van der Waals surface area contributed by atoms with E-state index in [1.807, 2.05) is 24.3 Å². The summed E-state index contributed by atoms with van der Waals surface area (Å²) in [6.07, 6.45) is 3.16. The Hall–Kier alpha value is -3.52. The molecule has 0 bridgehead atoms. The van der Waals surface area contributed by atoms with Gasteiger partial charge in [-0.1, -0.05) is 38.1 Å². The van der Waals surface area contributed by atoms with Crippen molar-refractivity contribution in [1.82, 2.24) is 9.97 Å². The van der Waals surface area contributed by atoms with Crippen LogP contribution in [0, 0.1) is 13.8 Å². The topological polar surface area (TPSA) is 103 Å². The average molecular weight is 450 g/mol. The first-order valence-corrected chi connectivity index (χ1v) is 11.6. The van der Waals surface area contributed by atoms with Crippen LogP contribution in [-0.4, -0.2) is 24.3 Å². The van der Waals surface area contributed by atoms with E-state index in [0.29, 0.717) is 23.1 Å². The van der Waals surface area contributed by atoms with Gasteiger partial charge in [-0.2, -0.15) is 0 Å². The van der Waals surface area contributed by atoms with Crippen molar-refractivity contribution in [3.63, 3.8) is 0 Å². The van der Waals surface area contributed by atoms with Gasteiger partial charge in [0.15, 0.2) is 0 Å². The highest BCUT2D eigenvalue weighted by molar-refractivity contribution is 7.94. The summed E-state index contributed by atoms with van der Waals surface area (Å²) in [6, 6.07) is 15.3. The van der Waals surface area contributed by atoms with Crippen molar-refractivity contribution >= 4 is 33.5 Å². The molecule has 166 valence electrons. The van der Waals surface area contributed by atoms with Crippen LogP contribution in [0.2, 0.25) is 0 Å². The van der Waals surface area contributed by atoms with Gasteiger partial charge in [0.2, 0.25) is 15.9 Å². The number of benzene rings is 2. The molecular weight excluding hydrogens is 424 g/mol. The normalized spacial score (nSPS) is 11.7. The van der Waals surface area contributed by atoms with Crippen molar-refractivity contribution in [2.24, 2.45) is 0 Å². The number of rotatable bonds is 7. The molecular formula is C24H25N4O3S-. The van der Waals surface area contributed by atoms with E-state index in [2.05, 4.69) is 33.9 Å². The Morgan fingerprint density at radius 2 is 1.66 bits per heavy atom. The third kappa shape index (κ3) is 6.24. The molecule has 7 nitrogen and oxygen atoms in total. The lowest BCUT2D eigenvalue weighted by atomic mass is 10.0. The fourth-order valence-electron chi connectivity index (χ4n) is 2.98. The SMILES string of the molecule is Cc1cc([N-]S(=O)(=O)c2ccc(NC(=O)C=Cc3ccc(C(C)C)cc3)cc2)nc(C)n1. The van der Waals surface area contributed by atoms with Gasteiger partial charge in [0.25, 0.3) is 0 Å². The van der Waals surface area contributed by atoms with Gasteiger partial charge in [-0.05, 0) is 73.1 Å². The fourth-order valence-corrected chi connectivity index (χ4v) is 3.90. The summed E-state index contributed by atoms with van der Waals surface area (Å²) in [5.41, 5.74) is 3.26. The molecule has 0 aliphatic carbocycles. The van der Waals surface area contributed by atoms with Crippen molar-refractivity contribution in [1.29, 1.82) is 0 Å². The average Bonchev–Trinajstić information content (AvgIpc) is 2.72. The van der Waals surface area contributed by atoms with Gasteiger partial charge in [0.05, 0.1) is 4.90 Å². The number of amides is 1. The van der Waals surface area contributed by atoms with Crippen molar-refractivity contribution in [3.8, 4) is 0 Å². The number of nitrogens with zero attached hydrogens (tertiary/aromatic N) is 3. The molecule has 0 aliphatic rings. The number of hydrogen-bond donors (Lipinski definition) is 1. The van der Waals surface area contributed by atoms with Gasteiger partial charge < -0.3 is 15.0 Å². The molecule has 0 saturated carbocycles. The molecule has 0 atom stereocenters. The molecule has 32 heavy (non-hydrogen) atoms. The van der Waals surface area contributed by atoms with Crippen LogP contribution in [0.25, 0.3) is 10.8 Å². The smallest absolute Gasteiger partial charge is 0.248 e. The monoisotopic (exact) mass is 449 g/mol. The van der Waals surface area contributed by atoms with E-state index in [-0.39, 0.29) is 16.6 Å². The molecule has 0 fully saturated rings. The van der Waals surface area contributed by atoms with E-state index in [9.17, 15) is 13.2 Å². The number of carbonyl (C=O) groups is 1. The van der Waals surface area contributed by atoms with E-state index in [1.165, 1.54) is 42.0 Å². The molecule has 0 unspecified atom stereocenters. The first-order valence-electron chi connectivity index (χ1n) is 10.1. The predicted octanol–water partition coefficient (Wildman–Crippen LogP) is 5.26. The molecule has 1 heterocycles. The van der Waals surface area contributed by atoms with Crippen molar-refractivity contribution in [2.75, 3.05) is 5.32 Å². The molecule has 8 heteroatoms. The Bertz CT molecular complexity index is 1210. The molecule has 0 saturated heterocycles. The number of hydrogen-bond acceptors (Lipinski definition) is 5. The number of nitrogens with one attached hydrogen (secondary N) is 1. The Balaban J connectivity index is 1.63. The lowest BCUT2D eigenvalue weighted by Crippen LogP contribution is -2.08. The number of carbonyl (C=O) groups excluding carboxylic acids is 1. The summed E-state index contributed by atoms with van der Waals surface area (Å²) in [7, 11) is -3.94. The third-order valence-electron chi connectivity index (χ3n) is 4.62. The van der Waals surface area contributed by atoms with Gasteiger partial charge >= 0.3 is 0 Å². The number of anilines is 1. The minimum Gasteiger partial charge on any atom is -0.423 e. The summed E-state index contributed by atoms with van der Waals surface area (Å²) < 4.78 is 28.9. The van der Waals surface area contributed by atoms with Crippen LogP contribution in [0.1, 0.15) is 42.4 Å². The molecule has 3 aromatic rings. The van der Waals surface area contributed by atoms with Crippen LogP contribution in [-0.2, 0) is 14.8 Å². The molecule has 0 spiro atoms. The highest BCUT2D eigenvalue weighted by atomic mass is 32.2. The third-order valence-corrected chi connectivity index (χ3v) is 5.91. The van der Waals surface area contributed by atoms with Crippen LogP contribution < -0.4 is 5.32 Å². The maximum absolute atomic E-state index is 12.6. The first-order chi connectivity index (χ1) is 15.1. The summed E-state index contributed by atoms with van der Waals surface area (Å²) >= 11 is 0. The van der Waals surface area contributed by atoms with E-state index in [1.54, 1.807) is 19.9 Å². The number of aryl methyl sites for hydroxylation is 2. The first kappa shape index (κ1) is 23.1. The predicted molar refractivity (Wildman–Crippen MR) is 126 cm³/mol. The lowest BCUT2D eigenvalue weighted by Gasteiger charge is -2.17. The molecule has 1 N–H and O–H groups in total. The van der Waals surface area contributed by atoms with Gasteiger partial charge in [0, 0.05) is 23.3 Å². The van der Waals surface area contributed by atoms with Crippen LogP contribution in [0.4, 0.5) is 11.5 Å². The van der Waals surface area contributed by atoms with Crippen LogP contribution in [0.5, 0.6) is 0 Å². The van der Waals surface area contributed by atoms with Crippen molar-refractivity contribution < 1.29 is 13.2 Å². The van der Waals surface area contributed by atoms with Crippen LogP contribution in [0.15, 0.2) is 65.6 Å². The Labute approximate surface area is 188 Å². The molecule has 0 radical (unpaired) electrons. The van der Waals surface area contributed by atoms with Crippen LogP contribution >= 0.6 is 0 Å². The quantitative estimate of drug-likeness (QED) is 0.495. The van der Waals surface area contributed by atoms with E-state index in [0.717, 1.165) is 5.56 Å². The number of sulfonamides is 1. The zero-order chi connectivity index (χ0) is 23.3. The van der Waals surface area contributed by atoms with Crippen LogP contribution in [0.3, 0.4) is 0 Å². The second-order valence-electron chi connectivity index (χ2n) is 7.65. The Morgan fingerprint density at radius 3 is 2.25 bits per heavy atom. The largest absolute Gasteiger partial charge is 0.423 e. The summed E-state index contributed by atoms with van der Waals surface area (Å²) in [5, 5.41) is 2.71. The van der Waals surface area contributed by atoms with Gasteiger partial charge in [-0.3, -0.25) is 9.78 Å². The van der Waals surface area contributed by atoms with Crippen molar-refractivity contribution in [2.45, 2.75) is 38.5 Å².